The smallest absolute Gasteiger partial charge is 0.203 e. The fourth-order valence-electron chi connectivity index (χ4n) is 2.51. The number of anilines is 1. The molecule has 5 heteroatoms. The Hall–Kier alpha value is -1.72. The Bertz CT molecular complexity index is 615. The van der Waals surface area contributed by atoms with Gasteiger partial charge in [-0.3, -0.25) is 10.3 Å². The van der Waals surface area contributed by atoms with Crippen LogP contribution in [0.15, 0.2) is 34.7 Å². The van der Waals surface area contributed by atoms with Gasteiger partial charge in [-0.1, -0.05) is 38.1 Å². The highest BCUT2D eigenvalue weighted by Gasteiger charge is 2.06. The largest absolute Gasteiger partial charge is 0.299 e. The van der Waals surface area contributed by atoms with Gasteiger partial charge in [0, 0.05) is 11.9 Å². The highest BCUT2D eigenvalue weighted by atomic mass is 32.1. The lowest BCUT2D eigenvalue weighted by Crippen LogP contribution is -2.25. The van der Waals surface area contributed by atoms with Gasteiger partial charge >= 0.3 is 0 Å². The molecule has 0 bridgehead atoms. The zero-order valence-corrected chi connectivity index (χ0v) is 15.1. The van der Waals surface area contributed by atoms with Gasteiger partial charge in [0.2, 0.25) is 5.13 Å². The minimum absolute atomic E-state index is 0.829. The Balaban J connectivity index is 2.04. The fourth-order valence-corrected chi connectivity index (χ4v) is 3.15. The van der Waals surface area contributed by atoms with E-state index in [1.165, 1.54) is 18.4 Å². The Morgan fingerprint density at radius 2 is 1.96 bits per heavy atom. The van der Waals surface area contributed by atoms with E-state index in [0.717, 1.165) is 36.0 Å². The van der Waals surface area contributed by atoms with Crippen LogP contribution >= 0.6 is 11.3 Å². The molecule has 4 nitrogen and oxygen atoms in total. The number of nitrogens with zero attached hydrogens (tertiary/aromatic N) is 3. The molecule has 0 saturated heterocycles. The van der Waals surface area contributed by atoms with Crippen molar-refractivity contribution in [2.24, 2.45) is 5.10 Å². The van der Waals surface area contributed by atoms with Crippen molar-refractivity contribution in [2.45, 2.75) is 40.2 Å². The first kappa shape index (κ1) is 17.6. The standard InChI is InChI=1S/C18H26N4S/c1-4-10-22(11-5-2)13-17-9-7-6-8-16(17)12-19-21-18-20-15(3)14-23-18/h6-9,12,14H,4-5,10-11,13H2,1-3H3,(H,20,21). The number of hydrogen-bond acceptors (Lipinski definition) is 5. The molecule has 2 rings (SSSR count). The van der Waals surface area contributed by atoms with Crippen molar-refractivity contribution >= 4 is 22.7 Å². The van der Waals surface area contributed by atoms with E-state index in [4.69, 9.17) is 0 Å². The first-order chi connectivity index (χ1) is 11.2. The highest BCUT2D eigenvalue weighted by Crippen LogP contribution is 2.15. The summed E-state index contributed by atoms with van der Waals surface area (Å²) >= 11 is 1.57. The molecule has 0 atom stereocenters. The van der Waals surface area contributed by atoms with Gasteiger partial charge in [0.25, 0.3) is 0 Å². The van der Waals surface area contributed by atoms with Crippen molar-refractivity contribution in [2.75, 3.05) is 18.5 Å². The van der Waals surface area contributed by atoms with Crippen LogP contribution in [0.25, 0.3) is 0 Å². The molecule has 0 fully saturated rings. The van der Waals surface area contributed by atoms with Crippen LogP contribution in [0.5, 0.6) is 0 Å². The molecule has 0 spiro atoms. The second-order valence-corrected chi connectivity index (χ2v) is 6.50. The number of rotatable bonds is 9. The molecule has 0 saturated carbocycles. The number of nitrogens with one attached hydrogen (secondary N) is 1. The topological polar surface area (TPSA) is 40.5 Å². The lowest BCUT2D eigenvalue weighted by atomic mass is 10.1. The minimum Gasteiger partial charge on any atom is -0.299 e. The van der Waals surface area contributed by atoms with Crippen molar-refractivity contribution in [1.29, 1.82) is 0 Å². The molecule has 1 aromatic heterocycles. The summed E-state index contributed by atoms with van der Waals surface area (Å²) in [5.74, 6) is 0. The van der Waals surface area contributed by atoms with Gasteiger partial charge in [-0.05, 0) is 44.0 Å². The van der Waals surface area contributed by atoms with Crippen LogP contribution < -0.4 is 5.43 Å². The maximum Gasteiger partial charge on any atom is 0.203 e. The highest BCUT2D eigenvalue weighted by molar-refractivity contribution is 7.13. The predicted molar refractivity (Wildman–Crippen MR) is 100 cm³/mol. The van der Waals surface area contributed by atoms with E-state index in [0.29, 0.717) is 0 Å². The van der Waals surface area contributed by atoms with Crippen molar-refractivity contribution in [3.8, 4) is 0 Å². The Morgan fingerprint density at radius 1 is 1.22 bits per heavy atom. The predicted octanol–water partition coefficient (Wildman–Crippen LogP) is 4.52. The summed E-state index contributed by atoms with van der Waals surface area (Å²) < 4.78 is 0. The third-order valence-corrected chi connectivity index (χ3v) is 4.38. The summed E-state index contributed by atoms with van der Waals surface area (Å²) in [6.45, 7) is 9.69. The number of hydrazone groups is 1. The van der Waals surface area contributed by atoms with Crippen LogP contribution in [-0.2, 0) is 6.54 Å². The van der Waals surface area contributed by atoms with Gasteiger partial charge in [-0.25, -0.2) is 4.98 Å². The SMILES string of the molecule is CCCN(CCC)Cc1ccccc1C=NNc1nc(C)cs1. The minimum atomic E-state index is 0.829. The summed E-state index contributed by atoms with van der Waals surface area (Å²) in [5.41, 5.74) is 6.50. The third-order valence-electron chi connectivity index (χ3n) is 3.51. The molecule has 0 aliphatic heterocycles. The lowest BCUT2D eigenvalue weighted by molar-refractivity contribution is 0.266. The number of thiazole rings is 1. The molecule has 0 radical (unpaired) electrons. The summed E-state index contributed by atoms with van der Waals surface area (Å²) in [7, 11) is 0. The van der Waals surface area contributed by atoms with Gasteiger partial charge in [0.15, 0.2) is 0 Å². The van der Waals surface area contributed by atoms with Crippen LogP contribution in [0.3, 0.4) is 0 Å². The third kappa shape index (κ3) is 5.77. The number of aryl methyl sites for hydroxylation is 1. The molecular weight excluding hydrogens is 304 g/mol. The van der Waals surface area contributed by atoms with E-state index in [-0.39, 0.29) is 0 Å². The van der Waals surface area contributed by atoms with E-state index in [2.05, 4.69) is 58.5 Å². The lowest BCUT2D eigenvalue weighted by Gasteiger charge is -2.21. The van der Waals surface area contributed by atoms with Crippen LogP contribution in [0.1, 0.15) is 43.5 Å². The summed E-state index contributed by atoms with van der Waals surface area (Å²) in [4.78, 5) is 6.85. The molecule has 0 unspecified atom stereocenters. The molecule has 2 aromatic rings. The summed E-state index contributed by atoms with van der Waals surface area (Å²) in [6, 6.07) is 8.46. The first-order valence-corrected chi connectivity index (χ1v) is 9.12. The van der Waals surface area contributed by atoms with Crippen LogP contribution in [0.4, 0.5) is 5.13 Å². The quantitative estimate of drug-likeness (QED) is 0.543. The van der Waals surface area contributed by atoms with E-state index >= 15 is 0 Å². The molecule has 0 amide bonds. The van der Waals surface area contributed by atoms with Gasteiger partial charge < -0.3 is 0 Å². The summed E-state index contributed by atoms with van der Waals surface area (Å²) in [5, 5.41) is 7.18. The molecule has 1 aromatic carbocycles. The van der Waals surface area contributed by atoms with Crippen LogP contribution in [0, 0.1) is 6.92 Å². The molecule has 23 heavy (non-hydrogen) atoms. The molecule has 124 valence electrons. The van der Waals surface area contributed by atoms with Gasteiger partial charge in [-0.2, -0.15) is 5.10 Å². The second kappa shape index (κ2) is 9.43. The molecule has 1 N–H and O–H groups in total. The molecule has 0 aliphatic carbocycles. The van der Waals surface area contributed by atoms with E-state index in [1.807, 2.05) is 18.5 Å². The number of benzene rings is 1. The van der Waals surface area contributed by atoms with Gasteiger partial charge in [0.05, 0.1) is 11.9 Å². The Labute approximate surface area is 143 Å². The Morgan fingerprint density at radius 3 is 2.61 bits per heavy atom. The van der Waals surface area contributed by atoms with Crippen LogP contribution in [0.2, 0.25) is 0 Å². The van der Waals surface area contributed by atoms with E-state index in [9.17, 15) is 0 Å². The first-order valence-electron chi connectivity index (χ1n) is 8.24. The normalized spacial score (nSPS) is 11.5. The van der Waals surface area contributed by atoms with Crippen molar-refractivity contribution in [3.05, 3.63) is 46.5 Å². The van der Waals surface area contributed by atoms with E-state index in [1.54, 1.807) is 11.3 Å². The van der Waals surface area contributed by atoms with Crippen molar-refractivity contribution in [1.82, 2.24) is 9.88 Å². The van der Waals surface area contributed by atoms with E-state index < -0.39 is 0 Å². The van der Waals surface area contributed by atoms with Gasteiger partial charge in [-0.15, -0.1) is 11.3 Å². The number of aromatic nitrogens is 1. The average molecular weight is 331 g/mol. The monoisotopic (exact) mass is 330 g/mol. The van der Waals surface area contributed by atoms with Gasteiger partial charge in [0.1, 0.15) is 0 Å². The zero-order valence-electron chi connectivity index (χ0n) is 14.2. The van der Waals surface area contributed by atoms with Crippen molar-refractivity contribution in [3.63, 3.8) is 0 Å². The summed E-state index contributed by atoms with van der Waals surface area (Å²) in [6.07, 6.45) is 4.25. The maximum atomic E-state index is 4.35. The zero-order chi connectivity index (χ0) is 16.5. The Kier molecular flexibility index (Phi) is 7.23. The van der Waals surface area contributed by atoms with Crippen LogP contribution in [-0.4, -0.2) is 29.2 Å². The molecular formula is C18H26N4S. The average Bonchev–Trinajstić information content (AvgIpc) is 2.95. The maximum absolute atomic E-state index is 4.35. The van der Waals surface area contributed by atoms with Crippen molar-refractivity contribution < 1.29 is 0 Å². The number of hydrogen-bond donors (Lipinski definition) is 1. The molecule has 1 heterocycles. The fraction of sp³-hybridized carbons (Fsp3) is 0.444. The molecule has 0 aliphatic rings. The second-order valence-electron chi connectivity index (χ2n) is 5.64.